The summed E-state index contributed by atoms with van der Waals surface area (Å²) in [6.45, 7) is 4.48. The van der Waals surface area contributed by atoms with E-state index in [9.17, 15) is 0 Å². The summed E-state index contributed by atoms with van der Waals surface area (Å²) in [5.74, 6) is 0. The third kappa shape index (κ3) is 10.9. The first-order chi connectivity index (χ1) is 10.8. The van der Waals surface area contributed by atoms with Crippen molar-refractivity contribution in [2.24, 2.45) is 0 Å². The third-order valence-corrected chi connectivity index (χ3v) is 4.65. The van der Waals surface area contributed by atoms with Gasteiger partial charge in [0.15, 0.2) is 0 Å². The number of rotatable bonds is 14. The molecule has 0 saturated heterocycles. The highest BCUT2D eigenvalue weighted by Gasteiger charge is 1.96. The van der Waals surface area contributed by atoms with Gasteiger partial charge in [0.05, 0.1) is 0 Å². The van der Waals surface area contributed by atoms with Crippen LogP contribution in [-0.4, -0.2) is 0 Å². The van der Waals surface area contributed by atoms with Gasteiger partial charge in [0.1, 0.15) is 0 Å². The summed E-state index contributed by atoms with van der Waals surface area (Å²) < 4.78 is 0. The zero-order valence-corrected chi connectivity index (χ0v) is 15.2. The van der Waals surface area contributed by atoms with E-state index >= 15 is 0 Å². The first-order valence-electron chi connectivity index (χ1n) is 9.88. The maximum Gasteiger partial charge on any atom is -0.0279 e. The van der Waals surface area contributed by atoms with Crippen LogP contribution in [0.3, 0.4) is 0 Å². The first-order valence-corrected chi connectivity index (χ1v) is 9.88. The van der Waals surface area contributed by atoms with Crippen LogP contribution in [0.2, 0.25) is 0 Å². The average Bonchev–Trinajstić information content (AvgIpc) is 2.52. The molecule has 1 aromatic rings. The van der Waals surface area contributed by atoms with Crippen LogP contribution in [0.25, 0.3) is 0 Å². The van der Waals surface area contributed by atoms with E-state index in [2.05, 4.69) is 38.1 Å². The van der Waals surface area contributed by atoms with Crippen LogP contribution in [0.1, 0.15) is 102 Å². The standard InChI is InChI=1S/C22H38/c1-3-4-5-6-7-8-9-10-11-12-13-14-15-18-22-19-16-17-21(2)20-22/h16-17,19-20H,3-15,18H2,1-2H3. The van der Waals surface area contributed by atoms with E-state index in [0.717, 1.165) is 0 Å². The Bertz CT molecular complexity index is 353. The zero-order chi connectivity index (χ0) is 15.9. The Morgan fingerprint density at radius 2 is 1.14 bits per heavy atom. The van der Waals surface area contributed by atoms with Gasteiger partial charge in [0.2, 0.25) is 0 Å². The molecule has 0 unspecified atom stereocenters. The van der Waals surface area contributed by atoms with Crippen molar-refractivity contribution in [3.8, 4) is 0 Å². The minimum absolute atomic E-state index is 1.26. The molecule has 0 aromatic heterocycles. The normalized spacial score (nSPS) is 11.0. The van der Waals surface area contributed by atoms with Crippen LogP contribution >= 0.6 is 0 Å². The molecule has 1 rings (SSSR count). The summed E-state index contributed by atoms with van der Waals surface area (Å²) in [4.78, 5) is 0. The number of hydrogen-bond donors (Lipinski definition) is 0. The lowest BCUT2D eigenvalue weighted by Gasteiger charge is -2.04. The number of benzene rings is 1. The van der Waals surface area contributed by atoms with Crippen molar-refractivity contribution < 1.29 is 0 Å². The van der Waals surface area contributed by atoms with Gasteiger partial charge in [-0.15, -0.1) is 0 Å². The predicted octanol–water partition coefficient (Wildman–Crippen LogP) is 7.63. The van der Waals surface area contributed by atoms with E-state index in [1.807, 2.05) is 0 Å². The molecule has 22 heavy (non-hydrogen) atoms. The molecule has 0 amide bonds. The SMILES string of the molecule is CCCCCCCCCCCCCCCc1cccc(C)c1. The number of unbranched alkanes of at least 4 members (excludes halogenated alkanes) is 12. The lowest BCUT2D eigenvalue weighted by molar-refractivity contribution is 0.539. The summed E-state index contributed by atoms with van der Waals surface area (Å²) in [6, 6.07) is 8.98. The fourth-order valence-electron chi connectivity index (χ4n) is 3.21. The van der Waals surface area contributed by atoms with Gasteiger partial charge < -0.3 is 0 Å². The predicted molar refractivity (Wildman–Crippen MR) is 101 cm³/mol. The molecule has 0 heterocycles. The smallest absolute Gasteiger partial charge is 0.0279 e. The molecule has 0 atom stereocenters. The topological polar surface area (TPSA) is 0 Å². The van der Waals surface area contributed by atoms with Crippen LogP contribution in [-0.2, 0) is 6.42 Å². The van der Waals surface area contributed by atoms with Crippen LogP contribution in [0.5, 0.6) is 0 Å². The molecule has 0 fully saturated rings. The first kappa shape index (κ1) is 19.3. The summed E-state index contributed by atoms with van der Waals surface area (Å²) in [5, 5.41) is 0. The molecule has 0 N–H and O–H groups in total. The second-order valence-corrected chi connectivity index (χ2v) is 6.98. The Labute approximate surface area is 139 Å². The van der Waals surface area contributed by atoms with Gasteiger partial charge in [-0.1, -0.05) is 114 Å². The molecule has 0 nitrogen and oxygen atoms in total. The van der Waals surface area contributed by atoms with Crippen molar-refractivity contribution in [1.82, 2.24) is 0 Å². The third-order valence-electron chi connectivity index (χ3n) is 4.65. The quantitative estimate of drug-likeness (QED) is 0.310. The maximum atomic E-state index is 2.33. The Kier molecular flexibility index (Phi) is 12.1. The van der Waals surface area contributed by atoms with Crippen molar-refractivity contribution in [3.63, 3.8) is 0 Å². The Morgan fingerprint density at radius 3 is 1.64 bits per heavy atom. The van der Waals surface area contributed by atoms with Gasteiger partial charge in [-0.2, -0.15) is 0 Å². The maximum absolute atomic E-state index is 2.33. The second kappa shape index (κ2) is 13.9. The van der Waals surface area contributed by atoms with Gasteiger partial charge in [-0.05, 0) is 25.3 Å². The van der Waals surface area contributed by atoms with Crippen LogP contribution in [0.4, 0.5) is 0 Å². The van der Waals surface area contributed by atoms with Gasteiger partial charge in [-0.25, -0.2) is 0 Å². The van der Waals surface area contributed by atoms with Crippen molar-refractivity contribution >= 4 is 0 Å². The molecule has 0 bridgehead atoms. The molecule has 0 radical (unpaired) electrons. The van der Waals surface area contributed by atoms with Gasteiger partial charge in [0.25, 0.3) is 0 Å². The van der Waals surface area contributed by atoms with E-state index in [1.165, 1.54) is 101 Å². The van der Waals surface area contributed by atoms with Gasteiger partial charge >= 0.3 is 0 Å². The van der Waals surface area contributed by atoms with Gasteiger partial charge in [-0.3, -0.25) is 0 Å². The van der Waals surface area contributed by atoms with E-state index in [-0.39, 0.29) is 0 Å². The molecule has 0 aliphatic heterocycles. The van der Waals surface area contributed by atoms with Crippen molar-refractivity contribution in [1.29, 1.82) is 0 Å². The van der Waals surface area contributed by atoms with Crippen molar-refractivity contribution in [2.45, 2.75) is 104 Å². The lowest BCUT2D eigenvalue weighted by Crippen LogP contribution is -1.87. The van der Waals surface area contributed by atoms with Crippen molar-refractivity contribution in [3.05, 3.63) is 35.4 Å². The minimum Gasteiger partial charge on any atom is -0.0654 e. The Morgan fingerprint density at radius 1 is 0.636 bits per heavy atom. The number of hydrogen-bond acceptors (Lipinski definition) is 0. The Hall–Kier alpha value is -0.780. The molecular formula is C22H38. The molecule has 126 valence electrons. The lowest BCUT2D eigenvalue weighted by atomic mass is 10.0. The fraction of sp³-hybridized carbons (Fsp3) is 0.727. The fourth-order valence-corrected chi connectivity index (χ4v) is 3.21. The van der Waals surface area contributed by atoms with E-state index in [4.69, 9.17) is 0 Å². The summed E-state index contributed by atoms with van der Waals surface area (Å²) in [7, 11) is 0. The van der Waals surface area contributed by atoms with Gasteiger partial charge in [0, 0.05) is 0 Å². The van der Waals surface area contributed by atoms with Crippen LogP contribution in [0, 0.1) is 6.92 Å². The molecule has 0 heteroatoms. The monoisotopic (exact) mass is 302 g/mol. The highest BCUT2D eigenvalue weighted by atomic mass is 14.0. The summed E-state index contributed by atoms with van der Waals surface area (Å²) >= 11 is 0. The van der Waals surface area contributed by atoms with E-state index in [1.54, 1.807) is 0 Å². The zero-order valence-electron chi connectivity index (χ0n) is 15.2. The number of aryl methyl sites for hydroxylation is 2. The van der Waals surface area contributed by atoms with E-state index in [0.29, 0.717) is 0 Å². The molecule has 1 aromatic carbocycles. The highest BCUT2D eigenvalue weighted by molar-refractivity contribution is 5.22. The molecule has 0 spiro atoms. The van der Waals surface area contributed by atoms with Crippen LogP contribution in [0.15, 0.2) is 24.3 Å². The molecular weight excluding hydrogens is 264 g/mol. The summed E-state index contributed by atoms with van der Waals surface area (Å²) in [6.07, 6.45) is 20.0. The molecule has 0 aliphatic rings. The average molecular weight is 303 g/mol. The molecule has 0 saturated carbocycles. The molecule has 0 aliphatic carbocycles. The minimum atomic E-state index is 1.26. The van der Waals surface area contributed by atoms with Crippen LogP contribution < -0.4 is 0 Å². The van der Waals surface area contributed by atoms with E-state index < -0.39 is 0 Å². The summed E-state index contributed by atoms with van der Waals surface area (Å²) in [5.41, 5.74) is 2.91. The second-order valence-electron chi connectivity index (χ2n) is 6.98. The largest absolute Gasteiger partial charge is 0.0654 e. The Balaban J connectivity index is 1.80. The van der Waals surface area contributed by atoms with Crippen molar-refractivity contribution in [2.75, 3.05) is 0 Å². The highest BCUT2D eigenvalue weighted by Crippen LogP contribution is 2.14.